The van der Waals surface area contributed by atoms with Crippen LogP contribution in [-0.4, -0.2) is 40.2 Å². The number of carbonyl (C=O) groups is 1. The predicted octanol–water partition coefficient (Wildman–Crippen LogP) is 2.68. The zero-order valence-electron chi connectivity index (χ0n) is 14.3. The normalized spacial score (nSPS) is 16.5. The molecule has 0 saturated heterocycles. The molecule has 2 atom stereocenters. The zero-order valence-corrected chi connectivity index (χ0v) is 15.1. The van der Waals surface area contributed by atoms with Crippen molar-refractivity contribution in [2.75, 3.05) is 13.2 Å². The van der Waals surface area contributed by atoms with E-state index in [0.29, 0.717) is 18.7 Å². The summed E-state index contributed by atoms with van der Waals surface area (Å²) in [5, 5.41) is 22.5. The number of benzene rings is 1. The highest BCUT2D eigenvalue weighted by Gasteiger charge is 2.33. The van der Waals surface area contributed by atoms with Crippen molar-refractivity contribution in [3.05, 3.63) is 61.8 Å². The first-order valence-corrected chi connectivity index (χ1v) is 9.22. The van der Waals surface area contributed by atoms with Crippen molar-refractivity contribution in [3.63, 3.8) is 0 Å². The fourth-order valence-corrected chi connectivity index (χ4v) is 3.97. The Bertz CT molecular complexity index is 804. The first-order chi connectivity index (χ1) is 12.5. The Kier molecular flexibility index (Phi) is 5.65. The van der Waals surface area contributed by atoms with E-state index in [9.17, 15) is 20.0 Å². The van der Waals surface area contributed by atoms with Crippen molar-refractivity contribution < 1.29 is 19.6 Å². The van der Waals surface area contributed by atoms with Gasteiger partial charge in [-0.25, -0.2) is 4.79 Å². The van der Waals surface area contributed by atoms with Gasteiger partial charge in [-0.05, 0) is 35.9 Å². The summed E-state index contributed by atoms with van der Waals surface area (Å²) in [6, 6.07) is 7.37. The minimum atomic E-state index is -0.769. The van der Waals surface area contributed by atoms with Gasteiger partial charge in [0, 0.05) is 30.1 Å². The SMILES string of the molecule is CC(O)COC(=O)C(c1cccc([N+](=O)[O-])c1)N1CCc2sccc2C1. The van der Waals surface area contributed by atoms with Gasteiger partial charge < -0.3 is 9.84 Å². The third kappa shape index (κ3) is 4.09. The van der Waals surface area contributed by atoms with Gasteiger partial charge in [-0.1, -0.05) is 12.1 Å². The lowest BCUT2D eigenvalue weighted by Crippen LogP contribution is -2.39. The summed E-state index contributed by atoms with van der Waals surface area (Å²) in [4.78, 5) is 26.6. The number of hydrogen-bond donors (Lipinski definition) is 1. The number of aliphatic hydroxyl groups is 1. The quantitative estimate of drug-likeness (QED) is 0.473. The number of thiophene rings is 1. The summed E-state index contributed by atoms with van der Waals surface area (Å²) < 4.78 is 5.25. The maximum atomic E-state index is 12.7. The van der Waals surface area contributed by atoms with E-state index in [1.54, 1.807) is 23.5 Å². The fourth-order valence-electron chi connectivity index (χ4n) is 3.08. The number of aliphatic hydroxyl groups excluding tert-OH is 1. The minimum Gasteiger partial charge on any atom is -0.462 e. The molecule has 1 N–H and O–H groups in total. The highest BCUT2D eigenvalue weighted by atomic mass is 32.1. The fraction of sp³-hybridized carbons (Fsp3) is 0.389. The smallest absolute Gasteiger partial charge is 0.328 e. The molecular weight excluding hydrogens is 356 g/mol. The summed E-state index contributed by atoms with van der Waals surface area (Å²) >= 11 is 1.70. The molecule has 0 aliphatic carbocycles. The molecule has 1 aromatic heterocycles. The molecule has 2 aromatic rings. The number of fused-ring (bicyclic) bond motifs is 1. The van der Waals surface area contributed by atoms with Gasteiger partial charge in [0.25, 0.3) is 5.69 Å². The number of rotatable bonds is 6. The molecule has 7 nitrogen and oxygen atoms in total. The highest BCUT2D eigenvalue weighted by molar-refractivity contribution is 7.10. The van der Waals surface area contributed by atoms with Crippen LogP contribution in [0.3, 0.4) is 0 Å². The van der Waals surface area contributed by atoms with E-state index in [2.05, 4.69) is 0 Å². The monoisotopic (exact) mass is 376 g/mol. The van der Waals surface area contributed by atoms with Crippen LogP contribution in [0.1, 0.15) is 29.0 Å². The van der Waals surface area contributed by atoms with Crippen LogP contribution >= 0.6 is 11.3 Å². The summed E-state index contributed by atoms with van der Waals surface area (Å²) in [6.45, 7) is 2.66. The molecule has 138 valence electrons. The second kappa shape index (κ2) is 7.94. The summed E-state index contributed by atoms with van der Waals surface area (Å²) in [6.07, 6.45) is 0.0526. The predicted molar refractivity (Wildman–Crippen MR) is 96.9 cm³/mol. The number of ether oxygens (including phenoxy) is 1. The molecule has 0 amide bonds. The van der Waals surface area contributed by atoms with E-state index in [-0.39, 0.29) is 12.3 Å². The number of esters is 1. The largest absolute Gasteiger partial charge is 0.462 e. The van der Waals surface area contributed by atoms with Crippen LogP contribution in [0.15, 0.2) is 35.7 Å². The van der Waals surface area contributed by atoms with Crippen molar-refractivity contribution in [1.29, 1.82) is 0 Å². The van der Waals surface area contributed by atoms with Crippen LogP contribution in [0.2, 0.25) is 0 Å². The molecule has 2 unspecified atom stereocenters. The first-order valence-electron chi connectivity index (χ1n) is 8.34. The first kappa shape index (κ1) is 18.5. The Balaban J connectivity index is 1.90. The van der Waals surface area contributed by atoms with Gasteiger partial charge in [0.15, 0.2) is 0 Å². The third-order valence-corrected chi connectivity index (χ3v) is 5.31. The molecule has 1 aromatic carbocycles. The van der Waals surface area contributed by atoms with E-state index < -0.39 is 23.0 Å². The zero-order chi connectivity index (χ0) is 18.7. The van der Waals surface area contributed by atoms with Crippen molar-refractivity contribution >= 4 is 23.0 Å². The van der Waals surface area contributed by atoms with Crippen LogP contribution in [0.25, 0.3) is 0 Å². The van der Waals surface area contributed by atoms with Gasteiger partial charge in [-0.15, -0.1) is 11.3 Å². The number of carbonyl (C=O) groups excluding carboxylic acids is 1. The summed E-state index contributed by atoms with van der Waals surface area (Å²) in [5.41, 5.74) is 1.62. The van der Waals surface area contributed by atoms with Crippen LogP contribution in [0.4, 0.5) is 5.69 Å². The molecule has 26 heavy (non-hydrogen) atoms. The molecule has 0 bridgehead atoms. The molecule has 2 heterocycles. The maximum Gasteiger partial charge on any atom is 0.328 e. The number of nitro groups is 1. The standard InChI is InChI=1S/C18H20N2O5S/c1-12(21)11-25-18(22)17(13-3-2-4-15(9-13)20(23)24)19-7-5-16-14(10-19)6-8-26-16/h2-4,6,8-9,12,17,21H,5,7,10-11H2,1H3. The highest BCUT2D eigenvalue weighted by Crippen LogP contribution is 2.32. The van der Waals surface area contributed by atoms with Gasteiger partial charge in [-0.3, -0.25) is 15.0 Å². The molecule has 3 rings (SSSR count). The molecule has 0 saturated carbocycles. The second-order valence-electron chi connectivity index (χ2n) is 6.32. The van der Waals surface area contributed by atoms with Crippen molar-refractivity contribution in [2.24, 2.45) is 0 Å². The molecule has 0 radical (unpaired) electrons. The average molecular weight is 376 g/mol. The van der Waals surface area contributed by atoms with Gasteiger partial charge in [0.2, 0.25) is 0 Å². The maximum absolute atomic E-state index is 12.7. The Hall–Kier alpha value is -2.29. The lowest BCUT2D eigenvalue weighted by Gasteiger charge is -2.33. The number of nitrogens with zero attached hydrogens (tertiary/aromatic N) is 2. The Labute approximate surface area is 155 Å². The van der Waals surface area contributed by atoms with Crippen LogP contribution in [0, 0.1) is 10.1 Å². The van der Waals surface area contributed by atoms with Crippen molar-refractivity contribution in [1.82, 2.24) is 4.90 Å². The summed E-state index contributed by atoms with van der Waals surface area (Å²) in [5.74, 6) is -0.509. The Morgan fingerprint density at radius 3 is 3.00 bits per heavy atom. The molecule has 8 heteroatoms. The van der Waals surface area contributed by atoms with Gasteiger partial charge in [0.05, 0.1) is 11.0 Å². The topological polar surface area (TPSA) is 92.9 Å². The molecular formula is C18H20N2O5S. The lowest BCUT2D eigenvalue weighted by molar-refractivity contribution is -0.384. The van der Waals surface area contributed by atoms with Crippen LogP contribution in [-0.2, 0) is 22.5 Å². The van der Waals surface area contributed by atoms with E-state index in [1.807, 2.05) is 16.3 Å². The van der Waals surface area contributed by atoms with Crippen LogP contribution < -0.4 is 0 Å². The molecule has 1 aliphatic rings. The summed E-state index contributed by atoms with van der Waals surface area (Å²) in [7, 11) is 0. The van der Waals surface area contributed by atoms with Crippen LogP contribution in [0.5, 0.6) is 0 Å². The van der Waals surface area contributed by atoms with Gasteiger partial charge in [-0.2, -0.15) is 0 Å². The van der Waals surface area contributed by atoms with E-state index in [0.717, 1.165) is 6.42 Å². The number of non-ortho nitro benzene ring substituents is 1. The minimum absolute atomic E-state index is 0.0657. The number of hydrogen-bond acceptors (Lipinski definition) is 7. The average Bonchev–Trinajstić information content (AvgIpc) is 3.08. The van der Waals surface area contributed by atoms with Crippen molar-refractivity contribution in [2.45, 2.75) is 32.0 Å². The molecule has 0 fully saturated rings. The van der Waals surface area contributed by atoms with Gasteiger partial charge >= 0.3 is 5.97 Å². The number of nitro benzene ring substituents is 1. The van der Waals surface area contributed by atoms with E-state index >= 15 is 0 Å². The van der Waals surface area contributed by atoms with E-state index in [4.69, 9.17) is 4.74 Å². The molecule has 0 spiro atoms. The van der Waals surface area contributed by atoms with Crippen molar-refractivity contribution in [3.8, 4) is 0 Å². The molecule has 1 aliphatic heterocycles. The Morgan fingerprint density at radius 1 is 1.46 bits per heavy atom. The second-order valence-corrected chi connectivity index (χ2v) is 7.32. The Morgan fingerprint density at radius 2 is 2.27 bits per heavy atom. The lowest BCUT2D eigenvalue weighted by atomic mass is 10.0. The van der Waals surface area contributed by atoms with E-state index in [1.165, 1.54) is 29.5 Å². The third-order valence-electron chi connectivity index (χ3n) is 4.29. The van der Waals surface area contributed by atoms with Gasteiger partial charge in [0.1, 0.15) is 12.6 Å².